The van der Waals surface area contributed by atoms with Crippen LogP contribution in [0.2, 0.25) is 0 Å². The minimum absolute atomic E-state index is 0.0827. The second kappa shape index (κ2) is 7.53. The molecule has 0 saturated heterocycles. The molecule has 2 aromatic rings. The molecular formula is C19H15F4N3O3. The minimum atomic E-state index is -4.80. The van der Waals surface area contributed by atoms with Crippen molar-refractivity contribution in [2.75, 3.05) is 16.0 Å². The number of carbonyl (C=O) groups excluding carboxylic acids is 3. The molecule has 0 bridgehead atoms. The van der Waals surface area contributed by atoms with Crippen LogP contribution in [0.3, 0.4) is 0 Å². The number of hydrogen-bond acceptors (Lipinski definition) is 3. The summed E-state index contributed by atoms with van der Waals surface area (Å²) in [5, 5.41) is 6.87. The minimum Gasteiger partial charge on any atom is -0.326 e. The number of alkyl halides is 3. The Kier molecular flexibility index (Phi) is 5.27. The van der Waals surface area contributed by atoms with Gasteiger partial charge < -0.3 is 16.0 Å². The molecule has 0 aliphatic carbocycles. The van der Waals surface area contributed by atoms with Crippen LogP contribution in [0.15, 0.2) is 36.4 Å². The number of fused-ring (bicyclic) bond motifs is 1. The highest BCUT2D eigenvalue weighted by Gasteiger charge is 2.36. The third-order valence-corrected chi connectivity index (χ3v) is 4.27. The first kappa shape index (κ1) is 20.3. The Hall–Kier alpha value is -3.43. The van der Waals surface area contributed by atoms with Gasteiger partial charge in [-0.1, -0.05) is 6.07 Å². The van der Waals surface area contributed by atoms with Crippen molar-refractivity contribution >= 4 is 34.8 Å². The Morgan fingerprint density at radius 3 is 2.48 bits per heavy atom. The third-order valence-electron chi connectivity index (χ3n) is 4.27. The summed E-state index contributed by atoms with van der Waals surface area (Å²) in [6, 6.07) is 6.37. The zero-order valence-electron chi connectivity index (χ0n) is 15.0. The molecule has 3 N–H and O–H groups in total. The van der Waals surface area contributed by atoms with Crippen LogP contribution in [0.5, 0.6) is 0 Å². The molecule has 0 fully saturated rings. The van der Waals surface area contributed by atoms with Crippen molar-refractivity contribution < 1.29 is 31.9 Å². The van der Waals surface area contributed by atoms with Crippen LogP contribution < -0.4 is 16.0 Å². The number of amides is 3. The van der Waals surface area contributed by atoms with Crippen molar-refractivity contribution in [1.82, 2.24) is 0 Å². The highest BCUT2D eigenvalue weighted by atomic mass is 19.4. The molecule has 3 amide bonds. The second-order valence-corrected chi connectivity index (χ2v) is 6.47. The van der Waals surface area contributed by atoms with Gasteiger partial charge in [-0.25, -0.2) is 4.39 Å². The molecule has 0 radical (unpaired) electrons. The van der Waals surface area contributed by atoms with Crippen molar-refractivity contribution in [2.45, 2.75) is 25.4 Å². The monoisotopic (exact) mass is 409 g/mol. The number of benzene rings is 2. The van der Waals surface area contributed by atoms with Gasteiger partial charge in [0.1, 0.15) is 5.82 Å². The molecule has 152 valence electrons. The highest BCUT2D eigenvalue weighted by molar-refractivity contribution is 6.05. The normalized spacial score (nSPS) is 15.9. The maximum atomic E-state index is 13.4. The summed E-state index contributed by atoms with van der Waals surface area (Å²) in [7, 11) is 0. The van der Waals surface area contributed by atoms with Crippen LogP contribution in [0.25, 0.3) is 0 Å². The van der Waals surface area contributed by atoms with E-state index in [-0.39, 0.29) is 17.8 Å². The number of rotatable bonds is 3. The van der Waals surface area contributed by atoms with Crippen molar-refractivity contribution in [3.63, 3.8) is 0 Å². The Morgan fingerprint density at radius 2 is 1.83 bits per heavy atom. The lowest BCUT2D eigenvalue weighted by molar-refractivity contribution is -0.137. The summed E-state index contributed by atoms with van der Waals surface area (Å²) < 4.78 is 53.7. The maximum absolute atomic E-state index is 13.4. The third kappa shape index (κ3) is 4.53. The van der Waals surface area contributed by atoms with E-state index in [4.69, 9.17) is 0 Å². The summed E-state index contributed by atoms with van der Waals surface area (Å²) in [6.45, 7) is 1.15. The van der Waals surface area contributed by atoms with E-state index in [1.54, 1.807) is 0 Å². The summed E-state index contributed by atoms with van der Waals surface area (Å²) in [4.78, 5) is 35.6. The van der Waals surface area contributed by atoms with Gasteiger partial charge in [-0.3, -0.25) is 14.4 Å². The van der Waals surface area contributed by atoms with Gasteiger partial charge in [0.15, 0.2) is 0 Å². The van der Waals surface area contributed by atoms with E-state index in [2.05, 4.69) is 16.0 Å². The number of nitrogens with one attached hydrogen (secondary N) is 3. The predicted octanol–water partition coefficient (Wildman–Crippen LogP) is 3.87. The molecule has 1 unspecified atom stereocenters. The van der Waals surface area contributed by atoms with Crippen molar-refractivity contribution in [1.29, 1.82) is 0 Å². The number of halogens is 4. The number of carbonyl (C=O) groups is 3. The van der Waals surface area contributed by atoms with Crippen LogP contribution in [0.4, 0.5) is 34.6 Å². The number of hydrogen-bond donors (Lipinski definition) is 3. The highest BCUT2D eigenvalue weighted by Crippen LogP contribution is 2.38. The van der Waals surface area contributed by atoms with Gasteiger partial charge in [0.25, 0.3) is 0 Å². The molecule has 1 aliphatic rings. The predicted molar refractivity (Wildman–Crippen MR) is 96.8 cm³/mol. The van der Waals surface area contributed by atoms with Crippen LogP contribution in [-0.2, 0) is 20.6 Å². The molecule has 6 nitrogen and oxygen atoms in total. The standard InChI is InChI=1S/C19H15F4N3O3/c1-9(27)24-11-3-5-15(14(7-11)19(21,22)23)26-18(29)13-8-17(28)25-16-6-10(20)2-4-12(13)16/h2-7,13H,8H2,1H3,(H,24,27)(H,25,28)(H,26,29). The Balaban J connectivity index is 1.93. The van der Waals surface area contributed by atoms with Crippen LogP contribution in [0, 0.1) is 5.82 Å². The van der Waals surface area contributed by atoms with E-state index in [9.17, 15) is 31.9 Å². The van der Waals surface area contributed by atoms with Gasteiger partial charge in [0.05, 0.1) is 17.2 Å². The molecule has 1 heterocycles. The maximum Gasteiger partial charge on any atom is 0.418 e. The van der Waals surface area contributed by atoms with Gasteiger partial charge in [0, 0.05) is 24.7 Å². The van der Waals surface area contributed by atoms with E-state index >= 15 is 0 Å². The molecule has 29 heavy (non-hydrogen) atoms. The van der Waals surface area contributed by atoms with Crippen LogP contribution in [0.1, 0.15) is 30.4 Å². The van der Waals surface area contributed by atoms with Gasteiger partial charge in [-0.2, -0.15) is 13.2 Å². The molecule has 0 spiro atoms. The van der Waals surface area contributed by atoms with E-state index < -0.39 is 46.9 Å². The Morgan fingerprint density at radius 1 is 1.10 bits per heavy atom. The van der Waals surface area contributed by atoms with Crippen molar-refractivity contribution in [2.24, 2.45) is 0 Å². The summed E-state index contributed by atoms with van der Waals surface area (Å²) in [6.07, 6.45) is -5.10. The van der Waals surface area contributed by atoms with E-state index in [0.29, 0.717) is 11.6 Å². The van der Waals surface area contributed by atoms with Gasteiger partial charge >= 0.3 is 6.18 Å². The molecule has 10 heteroatoms. The largest absolute Gasteiger partial charge is 0.418 e. The topological polar surface area (TPSA) is 87.3 Å². The second-order valence-electron chi connectivity index (χ2n) is 6.47. The first-order valence-electron chi connectivity index (χ1n) is 8.43. The Labute approximate surface area is 162 Å². The Bertz CT molecular complexity index is 1000. The lowest BCUT2D eigenvalue weighted by Gasteiger charge is -2.25. The summed E-state index contributed by atoms with van der Waals surface area (Å²) in [5.41, 5.74) is -1.37. The summed E-state index contributed by atoms with van der Waals surface area (Å²) >= 11 is 0. The van der Waals surface area contributed by atoms with E-state index in [1.807, 2.05) is 0 Å². The quantitative estimate of drug-likeness (QED) is 0.673. The fourth-order valence-electron chi connectivity index (χ4n) is 3.06. The van der Waals surface area contributed by atoms with Gasteiger partial charge in [-0.15, -0.1) is 0 Å². The van der Waals surface area contributed by atoms with Gasteiger partial charge in [0.2, 0.25) is 17.7 Å². The first-order chi connectivity index (χ1) is 13.5. The first-order valence-corrected chi connectivity index (χ1v) is 8.43. The summed E-state index contributed by atoms with van der Waals surface area (Å²) in [5.74, 6) is -3.66. The fraction of sp³-hybridized carbons (Fsp3) is 0.211. The zero-order chi connectivity index (χ0) is 21.3. The van der Waals surface area contributed by atoms with Crippen molar-refractivity contribution in [3.8, 4) is 0 Å². The smallest absolute Gasteiger partial charge is 0.326 e. The van der Waals surface area contributed by atoms with Gasteiger partial charge in [-0.05, 0) is 35.9 Å². The molecule has 0 saturated carbocycles. The van der Waals surface area contributed by atoms with Crippen LogP contribution >= 0.6 is 0 Å². The molecule has 1 atom stereocenters. The molecule has 1 aliphatic heterocycles. The van der Waals surface area contributed by atoms with Crippen LogP contribution in [-0.4, -0.2) is 17.7 Å². The lowest BCUT2D eigenvalue weighted by atomic mass is 9.89. The molecule has 2 aromatic carbocycles. The fourth-order valence-corrected chi connectivity index (χ4v) is 3.06. The lowest BCUT2D eigenvalue weighted by Crippen LogP contribution is -2.31. The average Bonchev–Trinajstić information content (AvgIpc) is 2.60. The average molecular weight is 409 g/mol. The number of anilines is 3. The SMILES string of the molecule is CC(=O)Nc1ccc(NC(=O)C2CC(=O)Nc3cc(F)ccc32)c(C(F)(F)F)c1. The van der Waals surface area contributed by atoms with Crippen molar-refractivity contribution in [3.05, 3.63) is 53.3 Å². The zero-order valence-corrected chi connectivity index (χ0v) is 15.0. The van der Waals surface area contributed by atoms with E-state index in [1.165, 1.54) is 12.1 Å². The molecule has 0 aromatic heterocycles. The molecule has 3 rings (SSSR count). The van der Waals surface area contributed by atoms with E-state index in [0.717, 1.165) is 25.1 Å². The molecular weight excluding hydrogens is 394 g/mol.